The second kappa shape index (κ2) is 11.9. The van der Waals surface area contributed by atoms with Crippen molar-refractivity contribution in [1.29, 1.82) is 0 Å². The fourth-order valence-electron chi connectivity index (χ4n) is 5.43. The summed E-state index contributed by atoms with van der Waals surface area (Å²) in [5.41, 5.74) is 3.49. The van der Waals surface area contributed by atoms with Crippen LogP contribution in [0.5, 0.6) is 5.75 Å². The summed E-state index contributed by atoms with van der Waals surface area (Å²) in [6, 6.07) is 15.7. The van der Waals surface area contributed by atoms with E-state index in [-0.39, 0.29) is 18.0 Å². The topological polar surface area (TPSA) is 112 Å². The van der Waals surface area contributed by atoms with E-state index in [4.69, 9.17) is 9.84 Å². The van der Waals surface area contributed by atoms with E-state index < -0.39 is 19.9 Å². The van der Waals surface area contributed by atoms with Crippen LogP contribution in [0.4, 0.5) is 10.2 Å². The molecule has 0 fully saturated rings. The lowest BCUT2D eigenvalue weighted by molar-refractivity contribution is 0.0899. The molecule has 6 aromatic rings. The highest BCUT2D eigenvalue weighted by molar-refractivity contribution is 6.76. The van der Waals surface area contributed by atoms with Gasteiger partial charge in [0.15, 0.2) is 5.82 Å². The molecule has 4 heterocycles. The summed E-state index contributed by atoms with van der Waals surface area (Å²) in [7, 11) is -1.29. The number of aromatic nitrogens is 6. The molecule has 0 amide bonds. The van der Waals surface area contributed by atoms with E-state index in [2.05, 4.69) is 34.9 Å². The minimum absolute atomic E-state index is 0.187. The van der Waals surface area contributed by atoms with E-state index in [1.807, 2.05) is 61.0 Å². The number of anilines is 1. The van der Waals surface area contributed by atoms with Crippen molar-refractivity contribution in [2.45, 2.75) is 52.3 Å². The van der Waals surface area contributed by atoms with Crippen molar-refractivity contribution in [3.05, 3.63) is 101 Å². The van der Waals surface area contributed by atoms with Crippen LogP contribution in [-0.4, -0.2) is 48.5 Å². The Morgan fingerprint density at radius 2 is 1.87 bits per heavy atom. The molecule has 45 heavy (non-hydrogen) atoms. The first kappa shape index (κ1) is 30.2. The van der Waals surface area contributed by atoms with E-state index >= 15 is 0 Å². The molecule has 0 saturated carbocycles. The van der Waals surface area contributed by atoms with Gasteiger partial charge in [0, 0.05) is 38.7 Å². The third-order valence-electron chi connectivity index (χ3n) is 7.74. The maximum atomic E-state index is 14.5. The van der Waals surface area contributed by atoms with E-state index in [9.17, 15) is 14.3 Å². The number of rotatable bonds is 10. The number of ether oxygens (including phenoxy) is 1. The lowest BCUT2D eigenvalue weighted by atomic mass is 10.1. The standard InChI is InChI=1S/C33H36FN7O3Si/c1-21-11-12-40-29(21)33(43)41(25-9-7-6-8-10-25)31(38-40)22(2)37-30-28-27(23-15-24(34)17-26(42)16-23)18-39(32(28)36-19-35-30)20-44-13-14-45(3,4)5/h6-12,15-19,22,42H,13-14,20H2,1-5H3,(H,35,36,37). The number of para-hydroxylation sites is 1. The number of hydrogen-bond acceptors (Lipinski definition) is 7. The molecule has 1 atom stereocenters. The monoisotopic (exact) mass is 625 g/mol. The van der Waals surface area contributed by atoms with Gasteiger partial charge in [0.1, 0.15) is 41.6 Å². The molecule has 4 aromatic heterocycles. The number of hydrogen-bond donors (Lipinski definition) is 2. The maximum absolute atomic E-state index is 14.5. The molecule has 232 valence electrons. The highest BCUT2D eigenvalue weighted by Gasteiger charge is 2.23. The molecule has 0 radical (unpaired) electrons. The average molecular weight is 626 g/mol. The zero-order valence-corrected chi connectivity index (χ0v) is 27.0. The number of fused-ring (bicyclic) bond motifs is 2. The zero-order valence-electron chi connectivity index (χ0n) is 26.0. The van der Waals surface area contributed by atoms with Crippen LogP contribution in [0.3, 0.4) is 0 Å². The summed E-state index contributed by atoms with van der Waals surface area (Å²) in [5, 5.41) is 19.2. The van der Waals surface area contributed by atoms with Gasteiger partial charge in [-0.3, -0.25) is 9.36 Å². The molecule has 0 aliphatic heterocycles. The first-order valence-electron chi connectivity index (χ1n) is 14.8. The number of nitrogens with one attached hydrogen (secondary N) is 1. The quantitative estimate of drug-likeness (QED) is 0.131. The largest absolute Gasteiger partial charge is 0.508 e. The van der Waals surface area contributed by atoms with Gasteiger partial charge in [0.25, 0.3) is 5.56 Å². The minimum Gasteiger partial charge on any atom is -0.508 e. The van der Waals surface area contributed by atoms with Crippen molar-refractivity contribution in [3.63, 3.8) is 0 Å². The van der Waals surface area contributed by atoms with Gasteiger partial charge >= 0.3 is 0 Å². The number of aromatic hydroxyl groups is 1. The average Bonchev–Trinajstić information content (AvgIpc) is 3.56. The number of aryl methyl sites for hydroxylation is 1. The lowest BCUT2D eigenvalue weighted by Gasteiger charge is -2.20. The third-order valence-corrected chi connectivity index (χ3v) is 9.45. The summed E-state index contributed by atoms with van der Waals surface area (Å²) in [5.74, 6) is 0.177. The summed E-state index contributed by atoms with van der Waals surface area (Å²) in [4.78, 5) is 23.0. The Hall–Kier alpha value is -4.81. The van der Waals surface area contributed by atoms with Crippen molar-refractivity contribution in [2.24, 2.45) is 0 Å². The van der Waals surface area contributed by atoms with Gasteiger partial charge in [0.2, 0.25) is 0 Å². The van der Waals surface area contributed by atoms with Crippen LogP contribution in [0.2, 0.25) is 25.7 Å². The van der Waals surface area contributed by atoms with E-state index in [0.717, 1.165) is 17.7 Å². The van der Waals surface area contributed by atoms with Gasteiger partial charge in [0.05, 0.1) is 17.1 Å². The second-order valence-electron chi connectivity index (χ2n) is 12.5. The molecule has 0 spiro atoms. The Morgan fingerprint density at radius 1 is 1.09 bits per heavy atom. The Kier molecular flexibility index (Phi) is 8.02. The molecule has 6 rings (SSSR count). The first-order chi connectivity index (χ1) is 21.5. The molecule has 2 aromatic carbocycles. The molecular weight excluding hydrogens is 589 g/mol. The first-order valence-corrected chi connectivity index (χ1v) is 18.6. The molecule has 2 N–H and O–H groups in total. The van der Waals surface area contributed by atoms with Crippen LogP contribution in [0.25, 0.3) is 33.4 Å². The molecule has 12 heteroatoms. The van der Waals surface area contributed by atoms with Gasteiger partial charge in [-0.15, -0.1) is 0 Å². The molecular formula is C33H36FN7O3Si. The van der Waals surface area contributed by atoms with Crippen molar-refractivity contribution in [3.8, 4) is 22.6 Å². The predicted octanol–water partition coefficient (Wildman–Crippen LogP) is 6.54. The van der Waals surface area contributed by atoms with Gasteiger partial charge < -0.3 is 19.7 Å². The van der Waals surface area contributed by atoms with E-state index in [1.165, 1.54) is 18.5 Å². The molecule has 0 aliphatic carbocycles. The number of nitrogens with zero attached hydrogens (tertiary/aromatic N) is 6. The Morgan fingerprint density at radius 3 is 2.60 bits per heavy atom. The highest BCUT2D eigenvalue weighted by atomic mass is 28.3. The predicted molar refractivity (Wildman–Crippen MR) is 176 cm³/mol. The number of phenolic OH excluding ortho intramolecular Hbond substituents is 1. The van der Waals surface area contributed by atoms with E-state index in [1.54, 1.807) is 15.3 Å². The van der Waals surface area contributed by atoms with Gasteiger partial charge in [-0.05, 0) is 61.4 Å². The number of benzene rings is 2. The molecule has 10 nitrogen and oxygen atoms in total. The van der Waals surface area contributed by atoms with Crippen LogP contribution >= 0.6 is 0 Å². The zero-order chi connectivity index (χ0) is 31.9. The fraction of sp³-hybridized carbons (Fsp3) is 0.273. The number of phenols is 1. The number of halogens is 1. The van der Waals surface area contributed by atoms with E-state index in [0.29, 0.717) is 51.6 Å². The minimum atomic E-state index is -1.29. The molecule has 0 bridgehead atoms. The van der Waals surface area contributed by atoms with Gasteiger partial charge in [-0.2, -0.15) is 5.10 Å². The normalized spacial score (nSPS) is 12.7. The highest BCUT2D eigenvalue weighted by Crippen LogP contribution is 2.37. The van der Waals surface area contributed by atoms with Crippen molar-refractivity contribution in [1.82, 2.24) is 28.7 Å². The summed E-state index contributed by atoms with van der Waals surface area (Å²) in [6.45, 7) is 11.5. The summed E-state index contributed by atoms with van der Waals surface area (Å²) in [6.07, 6.45) is 5.07. The SMILES string of the molecule is Cc1ccn2nc(C(C)Nc3ncnc4c3c(-c3cc(O)cc(F)c3)cn4COCC[Si](C)(C)C)n(-c3ccccc3)c(=O)c12. The summed E-state index contributed by atoms with van der Waals surface area (Å²) < 4.78 is 25.6. The second-order valence-corrected chi connectivity index (χ2v) is 18.1. The third kappa shape index (κ3) is 6.11. The van der Waals surface area contributed by atoms with Crippen molar-refractivity contribution >= 4 is 30.4 Å². The molecule has 0 aliphatic rings. The smallest absolute Gasteiger partial charge is 0.282 e. The van der Waals surface area contributed by atoms with Crippen LogP contribution < -0.4 is 10.9 Å². The summed E-state index contributed by atoms with van der Waals surface area (Å²) >= 11 is 0. The van der Waals surface area contributed by atoms with Gasteiger partial charge in [-0.1, -0.05) is 37.8 Å². The van der Waals surface area contributed by atoms with Crippen LogP contribution in [0.1, 0.15) is 24.4 Å². The van der Waals surface area contributed by atoms with Gasteiger partial charge in [-0.25, -0.2) is 18.9 Å². The molecule has 0 saturated heterocycles. The van der Waals surface area contributed by atoms with Crippen LogP contribution in [0, 0.1) is 12.7 Å². The van der Waals surface area contributed by atoms with Crippen LogP contribution in [-0.2, 0) is 11.5 Å². The Bertz CT molecular complexity index is 2040. The van der Waals surface area contributed by atoms with Crippen molar-refractivity contribution in [2.75, 3.05) is 11.9 Å². The molecule has 1 unspecified atom stereocenters. The Balaban J connectivity index is 1.46. The lowest BCUT2D eigenvalue weighted by Crippen LogP contribution is -2.29. The fourth-order valence-corrected chi connectivity index (χ4v) is 6.19. The maximum Gasteiger partial charge on any atom is 0.282 e. The Labute approximate surface area is 260 Å². The van der Waals surface area contributed by atoms with Crippen LogP contribution in [0.15, 0.2) is 78.1 Å². The van der Waals surface area contributed by atoms with Crippen molar-refractivity contribution < 1.29 is 14.2 Å².